The van der Waals surface area contributed by atoms with Gasteiger partial charge >= 0.3 is 5.97 Å². The fourth-order valence-corrected chi connectivity index (χ4v) is 3.51. The molecule has 2 nitrogen and oxygen atoms in total. The third-order valence-corrected chi connectivity index (χ3v) is 4.56. The summed E-state index contributed by atoms with van der Waals surface area (Å²) in [4.78, 5) is 13.0. The largest absolute Gasteiger partial charge is 0.477 e. The smallest absolute Gasteiger partial charge is 0.346 e. The molecule has 1 aromatic rings. The highest BCUT2D eigenvalue weighted by Crippen LogP contribution is 2.36. The zero-order chi connectivity index (χ0) is 11.0. The molecule has 1 atom stereocenters. The van der Waals surface area contributed by atoms with Crippen LogP contribution in [-0.2, 0) is 19.3 Å². The van der Waals surface area contributed by atoms with E-state index in [1.165, 1.54) is 21.8 Å². The minimum atomic E-state index is -0.745. The molecule has 0 radical (unpaired) electrons. The van der Waals surface area contributed by atoms with Crippen LogP contribution in [0.2, 0.25) is 0 Å². The van der Waals surface area contributed by atoms with Crippen LogP contribution >= 0.6 is 11.3 Å². The van der Waals surface area contributed by atoms with E-state index in [0.717, 1.165) is 31.2 Å². The summed E-state index contributed by atoms with van der Waals surface area (Å²) in [7, 11) is 0. The highest BCUT2D eigenvalue weighted by atomic mass is 32.1. The van der Waals surface area contributed by atoms with Crippen molar-refractivity contribution in [1.29, 1.82) is 0 Å². The maximum atomic E-state index is 11.1. The SMILES string of the molecule is CCc1sc(C(=O)O)c2c1C[C@@H](C)CC2. The molecule has 1 aliphatic carbocycles. The van der Waals surface area contributed by atoms with E-state index in [2.05, 4.69) is 13.8 Å². The highest BCUT2D eigenvalue weighted by Gasteiger charge is 2.25. The van der Waals surface area contributed by atoms with E-state index in [9.17, 15) is 4.79 Å². The first kappa shape index (κ1) is 10.7. The summed E-state index contributed by atoms with van der Waals surface area (Å²) in [6.07, 6.45) is 4.12. The van der Waals surface area contributed by atoms with Crippen molar-refractivity contribution in [1.82, 2.24) is 0 Å². The van der Waals surface area contributed by atoms with E-state index < -0.39 is 5.97 Å². The van der Waals surface area contributed by atoms with E-state index >= 15 is 0 Å². The molecule has 0 saturated heterocycles. The van der Waals surface area contributed by atoms with Gasteiger partial charge in [0.25, 0.3) is 0 Å². The summed E-state index contributed by atoms with van der Waals surface area (Å²) >= 11 is 1.49. The minimum Gasteiger partial charge on any atom is -0.477 e. The quantitative estimate of drug-likeness (QED) is 0.838. The lowest BCUT2D eigenvalue weighted by atomic mass is 9.85. The molecule has 0 aromatic carbocycles. The van der Waals surface area contributed by atoms with Crippen molar-refractivity contribution >= 4 is 17.3 Å². The molecule has 15 heavy (non-hydrogen) atoms. The first-order valence-corrected chi connectivity index (χ1v) is 6.31. The topological polar surface area (TPSA) is 37.3 Å². The Morgan fingerprint density at radius 3 is 2.87 bits per heavy atom. The van der Waals surface area contributed by atoms with Crippen LogP contribution in [-0.4, -0.2) is 11.1 Å². The fourth-order valence-electron chi connectivity index (χ4n) is 2.35. The first-order chi connectivity index (χ1) is 7.13. The van der Waals surface area contributed by atoms with Gasteiger partial charge in [0.1, 0.15) is 4.88 Å². The molecule has 2 rings (SSSR count). The number of carboxylic acids is 1. The Morgan fingerprint density at radius 2 is 2.27 bits per heavy atom. The predicted molar refractivity (Wildman–Crippen MR) is 61.8 cm³/mol. The molecule has 0 spiro atoms. The molecule has 82 valence electrons. The van der Waals surface area contributed by atoms with Gasteiger partial charge in [-0.15, -0.1) is 11.3 Å². The van der Waals surface area contributed by atoms with Crippen LogP contribution in [0.4, 0.5) is 0 Å². The molecular weight excluding hydrogens is 208 g/mol. The van der Waals surface area contributed by atoms with Gasteiger partial charge in [-0.2, -0.15) is 0 Å². The molecule has 1 heterocycles. The molecule has 1 N–H and O–H groups in total. The predicted octanol–water partition coefficient (Wildman–Crippen LogP) is 3.13. The number of carbonyl (C=O) groups is 1. The van der Waals surface area contributed by atoms with Crippen LogP contribution in [0, 0.1) is 5.92 Å². The van der Waals surface area contributed by atoms with Crippen LogP contribution in [0.3, 0.4) is 0 Å². The molecule has 1 aromatic heterocycles. The minimum absolute atomic E-state index is 0.591. The molecule has 3 heteroatoms. The number of aryl methyl sites for hydroxylation is 1. The van der Waals surface area contributed by atoms with Crippen molar-refractivity contribution < 1.29 is 9.90 Å². The number of rotatable bonds is 2. The van der Waals surface area contributed by atoms with Crippen molar-refractivity contribution in [3.05, 3.63) is 20.9 Å². The molecule has 0 aliphatic heterocycles. The van der Waals surface area contributed by atoms with Crippen molar-refractivity contribution in [2.24, 2.45) is 5.92 Å². The molecule has 0 unspecified atom stereocenters. The number of hydrogen-bond donors (Lipinski definition) is 1. The third-order valence-electron chi connectivity index (χ3n) is 3.16. The lowest BCUT2D eigenvalue weighted by molar-refractivity contribution is 0.0700. The number of hydrogen-bond acceptors (Lipinski definition) is 2. The molecule has 0 amide bonds. The lowest BCUT2D eigenvalue weighted by Gasteiger charge is -2.19. The Labute approximate surface area is 93.9 Å². The summed E-state index contributed by atoms with van der Waals surface area (Å²) in [5, 5.41) is 9.13. The summed E-state index contributed by atoms with van der Waals surface area (Å²) in [5.41, 5.74) is 2.47. The van der Waals surface area contributed by atoms with Gasteiger partial charge in [-0.05, 0) is 42.7 Å². The van der Waals surface area contributed by atoms with E-state index in [0.29, 0.717) is 10.8 Å². The van der Waals surface area contributed by atoms with Crippen molar-refractivity contribution in [3.8, 4) is 0 Å². The Morgan fingerprint density at radius 1 is 1.53 bits per heavy atom. The normalized spacial score (nSPS) is 20.0. The van der Waals surface area contributed by atoms with Crippen molar-refractivity contribution in [2.45, 2.75) is 39.5 Å². The number of aromatic carboxylic acids is 1. The molecule has 0 saturated carbocycles. The third kappa shape index (κ3) is 1.81. The second-order valence-corrected chi connectivity index (χ2v) is 5.42. The summed E-state index contributed by atoms with van der Waals surface area (Å²) in [6.45, 7) is 4.36. The molecule has 0 fully saturated rings. The molecule has 0 bridgehead atoms. The average Bonchev–Trinajstić information content (AvgIpc) is 2.55. The second kappa shape index (κ2) is 3.97. The van der Waals surface area contributed by atoms with Crippen LogP contribution in [0.5, 0.6) is 0 Å². The average molecular weight is 224 g/mol. The monoisotopic (exact) mass is 224 g/mol. The van der Waals surface area contributed by atoms with E-state index in [1.807, 2.05) is 0 Å². The van der Waals surface area contributed by atoms with Gasteiger partial charge in [-0.3, -0.25) is 0 Å². The van der Waals surface area contributed by atoms with Gasteiger partial charge in [0.2, 0.25) is 0 Å². The number of fused-ring (bicyclic) bond motifs is 1. The van der Waals surface area contributed by atoms with Crippen molar-refractivity contribution in [2.75, 3.05) is 0 Å². The zero-order valence-corrected chi connectivity index (χ0v) is 9.99. The van der Waals surface area contributed by atoms with Gasteiger partial charge in [-0.25, -0.2) is 4.79 Å². The maximum absolute atomic E-state index is 11.1. The van der Waals surface area contributed by atoms with Crippen LogP contribution in [0.25, 0.3) is 0 Å². The van der Waals surface area contributed by atoms with Crippen LogP contribution in [0.15, 0.2) is 0 Å². The Bertz CT molecular complexity index is 393. The highest BCUT2D eigenvalue weighted by molar-refractivity contribution is 7.14. The van der Waals surface area contributed by atoms with Gasteiger partial charge < -0.3 is 5.11 Å². The van der Waals surface area contributed by atoms with Gasteiger partial charge in [0, 0.05) is 4.88 Å². The van der Waals surface area contributed by atoms with Gasteiger partial charge in [-0.1, -0.05) is 13.8 Å². The Kier molecular flexibility index (Phi) is 2.83. The summed E-state index contributed by atoms with van der Waals surface area (Å²) < 4.78 is 0. The number of thiophene rings is 1. The van der Waals surface area contributed by atoms with E-state index in [4.69, 9.17) is 5.11 Å². The van der Waals surface area contributed by atoms with Gasteiger partial charge in [0.15, 0.2) is 0 Å². The molecule has 1 aliphatic rings. The first-order valence-electron chi connectivity index (χ1n) is 5.50. The molecular formula is C12H16O2S. The Hall–Kier alpha value is -0.830. The zero-order valence-electron chi connectivity index (χ0n) is 9.17. The maximum Gasteiger partial charge on any atom is 0.346 e. The van der Waals surface area contributed by atoms with Crippen LogP contribution < -0.4 is 0 Å². The van der Waals surface area contributed by atoms with E-state index in [-0.39, 0.29) is 0 Å². The van der Waals surface area contributed by atoms with E-state index in [1.54, 1.807) is 0 Å². The fraction of sp³-hybridized carbons (Fsp3) is 0.583. The Balaban J connectivity index is 2.49. The second-order valence-electron chi connectivity index (χ2n) is 4.32. The summed E-state index contributed by atoms with van der Waals surface area (Å²) in [5.74, 6) is -0.0375. The van der Waals surface area contributed by atoms with Gasteiger partial charge in [0.05, 0.1) is 0 Å². The standard InChI is InChI=1S/C12H16O2S/c1-3-10-9-6-7(2)4-5-8(9)11(15-10)12(13)14/h7H,3-6H2,1-2H3,(H,13,14)/t7-/m0/s1. The van der Waals surface area contributed by atoms with Crippen molar-refractivity contribution in [3.63, 3.8) is 0 Å². The lowest BCUT2D eigenvalue weighted by Crippen LogP contribution is -2.12. The number of carboxylic acid groups (broad SMARTS) is 1. The van der Waals surface area contributed by atoms with Crippen LogP contribution in [0.1, 0.15) is 45.9 Å². The summed E-state index contributed by atoms with van der Waals surface area (Å²) in [6, 6.07) is 0.